The third kappa shape index (κ3) is 3.82. The smallest absolute Gasteiger partial charge is 0.395 e. The molecule has 2 heterocycles. The molecule has 0 spiro atoms. The Labute approximate surface area is 148 Å². The van der Waals surface area contributed by atoms with Crippen LogP contribution in [-0.4, -0.2) is 32.6 Å². The first-order valence-electron chi connectivity index (χ1n) is 7.58. The standard InChI is InChI=1S/C16H12F6N4O/c17-15(18,19)10-5-9(6-11(7-10)16(20,21)22)12-8-25-14-13(24-2-4-27)23-1-3-26(12)14/h1,3,5-8,27H,2,4H2,(H,23,24). The molecule has 1 aromatic carbocycles. The van der Waals surface area contributed by atoms with Gasteiger partial charge in [-0.25, -0.2) is 9.97 Å². The molecule has 3 rings (SSSR count). The summed E-state index contributed by atoms with van der Waals surface area (Å²) in [6, 6.07) is 1.35. The second kappa shape index (κ2) is 6.72. The SMILES string of the molecule is OCCNc1nccn2c(-c3cc(C(F)(F)F)cc(C(F)(F)F)c3)cnc12. The van der Waals surface area contributed by atoms with Gasteiger partial charge in [0.25, 0.3) is 0 Å². The van der Waals surface area contributed by atoms with Crippen LogP contribution in [0.25, 0.3) is 16.9 Å². The van der Waals surface area contributed by atoms with Crippen LogP contribution in [0.4, 0.5) is 32.2 Å². The highest BCUT2D eigenvalue weighted by Crippen LogP contribution is 2.38. The Balaban J connectivity index is 2.19. The second-order valence-corrected chi connectivity index (χ2v) is 5.56. The maximum absolute atomic E-state index is 13.1. The van der Waals surface area contributed by atoms with Crippen molar-refractivity contribution in [2.75, 3.05) is 18.5 Å². The molecule has 0 aliphatic carbocycles. The molecule has 0 bridgehead atoms. The number of anilines is 1. The molecule has 5 nitrogen and oxygen atoms in total. The molecule has 0 aliphatic heterocycles. The summed E-state index contributed by atoms with van der Waals surface area (Å²) in [7, 11) is 0. The van der Waals surface area contributed by atoms with Crippen molar-refractivity contribution in [3.8, 4) is 11.3 Å². The number of aliphatic hydroxyl groups is 1. The van der Waals surface area contributed by atoms with E-state index < -0.39 is 23.5 Å². The average molecular weight is 390 g/mol. The molecule has 144 valence electrons. The average Bonchev–Trinajstić information content (AvgIpc) is 3.02. The number of aromatic nitrogens is 3. The molecule has 2 aromatic heterocycles. The summed E-state index contributed by atoms with van der Waals surface area (Å²) in [5, 5.41) is 11.6. The molecule has 3 aromatic rings. The van der Waals surface area contributed by atoms with Crippen LogP contribution in [0.2, 0.25) is 0 Å². The van der Waals surface area contributed by atoms with E-state index in [1.165, 1.54) is 16.8 Å². The van der Waals surface area contributed by atoms with E-state index in [1.54, 1.807) is 0 Å². The first-order valence-corrected chi connectivity index (χ1v) is 7.58. The van der Waals surface area contributed by atoms with Gasteiger partial charge < -0.3 is 10.4 Å². The van der Waals surface area contributed by atoms with E-state index in [0.717, 1.165) is 6.20 Å². The van der Waals surface area contributed by atoms with Gasteiger partial charge in [0, 0.05) is 24.5 Å². The van der Waals surface area contributed by atoms with Crippen molar-refractivity contribution in [1.82, 2.24) is 14.4 Å². The summed E-state index contributed by atoms with van der Waals surface area (Å²) in [6.45, 7) is -0.0461. The monoisotopic (exact) mass is 390 g/mol. The summed E-state index contributed by atoms with van der Waals surface area (Å²) in [4.78, 5) is 8.02. The molecule has 0 saturated carbocycles. The zero-order valence-corrected chi connectivity index (χ0v) is 13.4. The zero-order valence-electron chi connectivity index (χ0n) is 13.4. The van der Waals surface area contributed by atoms with Gasteiger partial charge in [-0.2, -0.15) is 26.3 Å². The summed E-state index contributed by atoms with van der Waals surface area (Å²) in [6.07, 6.45) is -6.03. The van der Waals surface area contributed by atoms with Crippen molar-refractivity contribution in [2.45, 2.75) is 12.4 Å². The van der Waals surface area contributed by atoms with Crippen molar-refractivity contribution >= 4 is 11.5 Å². The Hall–Kier alpha value is -2.82. The van der Waals surface area contributed by atoms with Crippen molar-refractivity contribution in [3.63, 3.8) is 0 Å². The predicted molar refractivity (Wildman–Crippen MR) is 84.0 cm³/mol. The first-order chi connectivity index (χ1) is 12.6. The van der Waals surface area contributed by atoms with Crippen molar-refractivity contribution in [2.24, 2.45) is 0 Å². The largest absolute Gasteiger partial charge is 0.416 e. The Morgan fingerprint density at radius 1 is 0.963 bits per heavy atom. The molecule has 11 heteroatoms. The van der Waals surface area contributed by atoms with Gasteiger partial charge >= 0.3 is 12.4 Å². The molecule has 0 amide bonds. The van der Waals surface area contributed by atoms with Crippen LogP contribution in [-0.2, 0) is 12.4 Å². The highest BCUT2D eigenvalue weighted by Gasteiger charge is 2.37. The lowest BCUT2D eigenvalue weighted by Gasteiger charge is -2.14. The quantitative estimate of drug-likeness (QED) is 0.665. The minimum absolute atomic E-state index is 0.0380. The molecule has 0 aliphatic rings. The second-order valence-electron chi connectivity index (χ2n) is 5.56. The number of fused-ring (bicyclic) bond motifs is 1. The van der Waals surface area contributed by atoms with E-state index in [-0.39, 0.29) is 41.9 Å². The minimum atomic E-state index is -4.94. The highest BCUT2D eigenvalue weighted by atomic mass is 19.4. The van der Waals surface area contributed by atoms with Crippen LogP contribution in [0.3, 0.4) is 0 Å². The van der Waals surface area contributed by atoms with Crippen LogP contribution < -0.4 is 5.32 Å². The van der Waals surface area contributed by atoms with E-state index in [4.69, 9.17) is 5.11 Å². The fourth-order valence-electron chi connectivity index (χ4n) is 2.53. The van der Waals surface area contributed by atoms with Gasteiger partial charge in [-0.3, -0.25) is 4.40 Å². The number of hydrogen-bond donors (Lipinski definition) is 2. The van der Waals surface area contributed by atoms with Gasteiger partial charge in [-0.05, 0) is 18.2 Å². The zero-order chi connectivity index (χ0) is 19.8. The van der Waals surface area contributed by atoms with E-state index >= 15 is 0 Å². The van der Waals surface area contributed by atoms with Gasteiger partial charge in [0.1, 0.15) is 0 Å². The first kappa shape index (κ1) is 19.0. The molecule has 0 unspecified atom stereocenters. The molecular weight excluding hydrogens is 378 g/mol. The molecule has 0 fully saturated rings. The summed E-state index contributed by atoms with van der Waals surface area (Å²) in [5.41, 5.74) is -2.86. The van der Waals surface area contributed by atoms with Gasteiger partial charge in [0.05, 0.1) is 29.6 Å². The number of rotatable bonds is 4. The topological polar surface area (TPSA) is 62.5 Å². The lowest BCUT2D eigenvalue weighted by Crippen LogP contribution is -2.11. The number of hydrogen-bond acceptors (Lipinski definition) is 4. The summed E-state index contributed by atoms with van der Waals surface area (Å²) >= 11 is 0. The fraction of sp³-hybridized carbons (Fsp3) is 0.250. The summed E-state index contributed by atoms with van der Waals surface area (Å²) in [5.74, 6) is 0.237. The van der Waals surface area contributed by atoms with Crippen molar-refractivity contribution < 1.29 is 31.4 Å². The van der Waals surface area contributed by atoms with Crippen LogP contribution in [0.15, 0.2) is 36.8 Å². The number of alkyl halides is 6. The lowest BCUT2D eigenvalue weighted by molar-refractivity contribution is -0.143. The Morgan fingerprint density at radius 3 is 2.15 bits per heavy atom. The van der Waals surface area contributed by atoms with Gasteiger partial charge in [-0.1, -0.05) is 0 Å². The third-order valence-corrected chi connectivity index (χ3v) is 3.72. The van der Waals surface area contributed by atoms with Crippen LogP contribution in [0.1, 0.15) is 11.1 Å². The number of imidazole rings is 1. The molecule has 2 N–H and O–H groups in total. The maximum atomic E-state index is 13.1. The number of benzene rings is 1. The lowest BCUT2D eigenvalue weighted by atomic mass is 10.0. The molecular formula is C16H12F6N4O. The Kier molecular flexibility index (Phi) is 4.72. The minimum Gasteiger partial charge on any atom is -0.395 e. The number of nitrogens with zero attached hydrogens (tertiary/aromatic N) is 3. The van der Waals surface area contributed by atoms with Gasteiger partial charge in [0.15, 0.2) is 11.5 Å². The highest BCUT2D eigenvalue weighted by molar-refractivity contribution is 5.71. The number of halogens is 6. The van der Waals surface area contributed by atoms with E-state index in [0.29, 0.717) is 12.1 Å². The van der Waals surface area contributed by atoms with Gasteiger partial charge in [0.2, 0.25) is 0 Å². The molecule has 0 saturated heterocycles. The van der Waals surface area contributed by atoms with E-state index in [9.17, 15) is 26.3 Å². The fourth-order valence-corrected chi connectivity index (χ4v) is 2.53. The van der Waals surface area contributed by atoms with Crippen LogP contribution >= 0.6 is 0 Å². The molecule has 0 atom stereocenters. The predicted octanol–water partition coefficient (Wildman–Crippen LogP) is 3.84. The summed E-state index contributed by atoms with van der Waals surface area (Å²) < 4.78 is 79.7. The van der Waals surface area contributed by atoms with Crippen LogP contribution in [0, 0.1) is 0 Å². The normalized spacial score (nSPS) is 12.6. The molecule has 0 radical (unpaired) electrons. The van der Waals surface area contributed by atoms with E-state index in [2.05, 4.69) is 15.3 Å². The number of aliphatic hydroxyl groups excluding tert-OH is 1. The Morgan fingerprint density at radius 2 is 1.59 bits per heavy atom. The maximum Gasteiger partial charge on any atom is 0.416 e. The van der Waals surface area contributed by atoms with Crippen LogP contribution in [0.5, 0.6) is 0 Å². The van der Waals surface area contributed by atoms with Crippen molar-refractivity contribution in [3.05, 3.63) is 47.9 Å². The van der Waals surface area contributed by atoms with Crippen molar-refractivity contribution in [1.29, 1.82) is 0 Å². The number of nitrogens with one attached hydrogen (secondary N) is 1. The molecule has 27 heavy (non-hydrogen) atoms. The third-order valence-electron chi connectivity index (χ3n) is 3.72. The Bertz CT molecular complexity index is 931. The van der Waals surface area contributed by atoms with Gasteiger partial charge in [-0.15, -0.1) is 0 Å². The van der Waals surface area contributed by atoms with E-state index in [1.807, 2.05) is 0 Å².